The number of ether oxygens (including phenoxy) is 1. The number of carbonyl (C=O) groups is 1. The molecule has 0 aromatic rings. The zero-order valence-corrected chi connectivity index (χ0v) is 7.27. The van der Waals surface area contributed by atoms with E-state index in [1.165, 1.54) is 0 Å². The summed E-state index contributed by atoms with van der Waals surface area (Å²) in [6.45, 7) is -3.35. The van der Waals surface area contributed by atoms with Crippen LogP contribution in [0.1, 0.15) is 6.42 Å². The lowest BCUT2D eigenvalue weighted by Gasteiger charge is -2.20. The Balaban J connectivity index is 2.45. The van der Waals surface area contributed by atoms with Crippen LogP contribution < -0.4 is 0 Å². The van der Waals surface area contributed by atoms with Crippen LogP contribution in [-0.4, -0.2) is 53.1 Å². The minimum Gasteiger partial charge on any atom is -0.465 e. The van der Waals surface area contributed by atoms with E-state index < -0.39 is 24.9 Å². The number of alkyl halides is 2. The molecule has 0 spiro atoms. The molecular formula is C7H11F2NO4. The Labute approximate surface area is 78.9 Å². The molecule has 1 rings (SSSR count). The van der Waals surface area contributed by atoms with E-state index in [0.29, 0.717) is 0 Å². The highest BCUT2D eigenvalue weighted by atomic mass is 19.3. The Bertz CT molecular complexity index is 214. The maximum absolute atomic E-state index is 11.7. The largest absolute Gasteiger partial charge is 0.465 e. The molecule has 5 nitrogen and oxygen atoms in total. The number of rotatable bonds is 3. The van der Waals surface area contributed by atoms with Crippen LogP contribution in [0.25, 0.3) is 0 Å². The first-order chi connectivity index (χ1) is 6.50. The van der Waals surface area contributed by atoms with E-state index in [-0.39, 0.29) is 19.6 Å². The fourth-order valence-electron chi connectivity index (χ4n) is 1.47. The fourth-order valence-corrected chi connectivity index (χ4v) is 1.47. The van der Waals surface area contributed by atoms with Gasteiger partial charge >= 0.3 is 12.7 Å². The number of hydrogen-bond acceptors (Lipinski definition) is 3. The summed E-state index contributed by atoms with van der Waals surface area (Å²) in [6, 6.07) is -0.684. The molecule has 0 saturated carbocycles. The summed E-state index contributed by atoms with van der Waals surface area (Å²) in [6.07, 6.45) is -1.89. The fraction of sp³-hybridized carbons (Fsp3) is 0.857. The average molecular weight is 211 g/mol. The Morgan fingerprint density at radius 1 is 1.64 bits per heavy atom. The van der Waals surface area contributed by atoms with Crippen LogP contribution in [0, 0.1) is 0 Å². The van der Waals surface area contributed by atoms with Gasteiger partial charge in [0, 0.05) is 0 Å². The Kier molecular flexibility index (Phi) is 3.59. The number of likely N-dealkylation sites (tertiary alicyclic amines) is 1. The number of hydrogen-bond donors (Lipinski definition) is 2. The standard InChI is InChI=1S/C7H11F2NO4/c8-6(9)14-3-4-1-5(11)2-10(4)7(12)13/h4-6,11H,1-3H2,(H,12,13)/t4-,5+/m0/s1. The Morgan fingerprint density at radius 2 is 2.29 bits per heavy atom. The number of amides is 1. The lowest BCUT2D eigenvalue weighted by Crippen LogP contribution is -2.37. The monoisotopic (exact) mass is 211 g/mol. The molecule has 2 atom stereocenters. The van der Waals surface area contributed by atoms with Gasteiger partial charge in [-0.3, -0.25) is 0 Å². The van der Waals surface area contributed by atoms with Crippen LogP contribution in [-0.2, 0) is 4.74 Å². The van der Waals surface area contributed by atoms with Gasteiger partial charge in [-0.25, -0.2) is 4.79 Å². The van der Waals surface area contributed by atoms with Gasteiger partial charge in [0.1, 0.15) is 0 Å². The van der Waals surface area contributed by atoms with E-state index in [1.54, 1.807) is 0 Å². The Hall–Kier alpha value is -0.950. The lowest BCUT2D eigenvalue weighted by atomic mass is 10.2. The third kappa shape index (κ3) is 2.78. The molecule has 14 heavy (non-hydrogen) atoms. The molecule has 2 N–H and O–H groups in total. The minimum atomic E-state index is -2.91. The van der Waals surface area contributed by atoms with Crippen molar-refractivity contribution in [2.24, 2.45) is 0 Å². The lowest BCUT2D eigenvalue weighted by molar-refractivity contribution is -0.137. The highest BCUT2D eigenvalue weighted by Gasteiger charge is 2.34. The molecule has 0 aromatic heterocycles. The molecular weight excluding hydrogens is 200 g/mol. The number of aliphatic hydroxyl groups excluding tert-OH is 1. The van der Waals surface area contributed by atoms with Crippen molar-refractivity contribution in [1.82, 2.24) is 4.90 Å². The van der Waals surface area contributed by atoms with Crippen molar-refractivity contribution in [1.29, 1.82) is 0 Å². The molecule has 1 heterocycles. The predicted molar refractivity (Wildman–Crippen MR) is 41.1 cm³/mol. The topological polar surface area (TPSA) is 70.0 Å². The van der Waals surface area contributed by atoms with Crippen LogP contribution in [0.15, 0.2) is 0 Å². The highest BCUT2D eigenvalue weighted by Crippen LogP contribution is 2.18. The smallest absolute Gasteiger partial charge is 0.407 e. The summed E-state index contributed by atoms with van der Waals surface area (Å²) >= 11 is 0. The summed E-state index contributed by atoms with van der Waals surface area (Å²) in [4.78, 5) is 11.5. The molecule has 82 valence electrons. The van der Waals surface area contributed by atoms with Crippen LogP contribution in [0.4, 0.5) is 13.6 Å². The molecule has 1 saturated heterocycles. The quantitative estimate of drug-likeness (QED) is 0.706. The summed E-state index contributed by atoms with van der Waals surface area (Å²) < 4.78 is 27.3. The third-order valence-electron chi connectivity index (χ3n) is 2.05. The van der Waals surface area contributed by atoms with Gasteiger partial charge in [0.05, 0.1) is 25.3 Å². The summed E-state index contributed by atoms with van der Waals surface area (Å²) in [5.74, 6) is 0. The van der Waals surface area contributed by atoms with Gasteiger partial charge in [0.2, 0.25) is 0 Å². The minimum absolute atomic E-state index is 0.0490. The van der Waals surface area contributed by atoms with Crippen LogP contribution in [0.3, 0.4) is 0 Å². The van der Waals surface area contributed by atoms with Gasteiger partial charge in [-0.15, -0.1) is 0 Å². The number of nitrogens with zero attached hydrogens (tertiary/aromatic N) is 1. The molecule has 0 aliphatic carbocycles. The van der Waals surface area contributed by atoms with Gasteiger partial charge in [-0.05, 0) is 6.42 Å². The van der Waals surface area contributed by atoms with Crippen molar-refractivity contribution in [2.75, 3.05) is 13.2 Å². The summed E-state index contributed by atoms with van der Waals surface area (Å²) in [5.41, 5.74) is 0. The average Bonchev–Trinajstić information content (AvgIpc) is 2.43. The molecule has 1 amide bonds. The maximum Gasteiger partial charge on any atom is 0.407 e. The van der Waals surface area contributed by atoms with Crippen molar-refractivity contribution in [2.45, 2.75) is 25.2 Å². The number of carboxylic acid groups (broad SMARTS) is 1. The van der Waals surface area contributed by atoms with Crippen molar-refractivity contribution in [3.05, 3.63) is 0 Å². The molecule has 1 aliphatic heterocycles. The van der Waals surface area contributed by atoms with Gasteiger partial charge in [0.15, 0.2) is 0 Å². The zero-order chi connectivity index (χ0) is 10.7. The van der Waals surface area contributed by atoms with E-state index >= 15 is 0 Å². The first-order valence-electron chi connectivity index (χ1n) is 4.08. The number of aliphatic hydroxyl groups is 1. The van der Waals surface area contributed by atoms with E-state index in [1.807, 2.05) is 0 Å². The van der Waals surface area contributed by atoms with Crippen molar-refractivity contribution >= 4 is 6.09 Å². The number of β-amino-alcohol motifs (C(OH)–C–C–N with tert-alkyl or cyclic N) is 1. The molecule has 0 radical (unpaired) electrons. The SMILES string of the molecule is O=C(O)N1C[C@H](O)C[C@H]1COC(F)F. The molecule has 1 aliphatic rings. The Morgan fingerprint density at radius 3 is 2.79 bits per heavy atom. The highest BCUT2D eigenvalue weighted by molar-refractivity contribution is 5.66. The first kappa shape index (κ1) is 11.1. The summed E-state index contributed by atoms with van der Waals surface area (Å²) in [7, 11) is 0. The summed E-state index contributed by atoms with van der Waals surface area (Å²) in [5, 5.41) is 17.8. The van der Waals surface area contributed by atoms with Crippen LogP contribution >= 0.6 is 0 Å². The second kappa shape index (κ2) is 4.52. The molecule has 0 bridgehead atoms. The van der Waals surface area contributed by atoms with Crippen LogP contribution in [0.2, 0.25) is 0 Å². The van der Waals surface area contributed by atoms with Crippen molar-refractivity contribution < 1.29 is 28.5 Å². The van der Waals surface area contributed by atoms with E-state index in [2.05, 4.69) is 4.74 Å². The van der Waals surface area contributed by atoms with Gasteiger partial charge in [-0.2, -0.15) is 8.78 Å². The predicted octanol–water partition coefficient (Wildman–Crippen LogP) is 0.339. The third-order valence-corrected chi connectivity index (χ3v) is 2.05. The molecule has 1 fully saturated rings. The van der Waals surface area contributed by atoms with E-state index in [4.69, 9.17) is 10.2 Å². The van der Waals surface area contributed by atoms with Crippen LogP contribution in [0.5, 0.6) is 0 Å². The van der Waals surface area contributed by atoms with Gasteiger partial charge in [-0.1, -0.05) is 0 Å². The first-order valence-corrected chi connectivity index (χ1v) is 4.08. The molecule has 0 unspecified atom stereocenters. The number of halogens is 2. The van der Waals surface area contributed by atoms with Gasteiger partial charge in [0.25, 0.3) is 0 Å². The van der Waals surface area contributed by atoms with Crippen molar-refractivity contribution in [3.8, 4) is 0 Å². The van der Waals surface area contributed by atoms with Crippen molar-refractivity contribution in [3.63, 3.8) is 0 Å². The second-order valence-corrected chi connectivity index (χ2v) is 3.07. The second-order valence-electron chi connectivity index (χ2n) is 3.07. The molecule has 7 heteroatoms. The zero-order valence-electron chi connectivity index (χ0n) is 7.27. The van der Waals surface area contributed by atoms with Gasteiger partial charge < -0.3 is 19.8 Å². The normalized spacial score (nSPS) is 27.3. The van der Waals surface area contributed by atoms with E-state index in [0.717, 1.165) is 4.90 Å². The van der Waals surface area contributed by atoms with E-state index in [9.17, 15) is 13.6 Å². The maximum atomic E-state index is 11.7. The molecule has 0 aromatic carbocycles.